The third-order valence-electron chi connectivity index (χ3n) is 3.48. The molecule has 0 aliphatic carbocycles. The Balaban J connectivity index is 2.70. The maximum atomic E-state index is 5.77. The SMILES string of the molecule is C#Cc1c(-c2ccccc2C#C[Si](C)(C)C)ccc(OC)c1OC. The number of ether oxygens (including phenoxy) is 2. The molecule has 0 N–H and O–H groups in total. The van der Waals surface area contributed by atoms with E-state index in [4.69, 9.17) is 15.9 Å². The van der Waals surface area contributed by atoms with Crippen molar-refractivity contribution in [3.63, 3.8) is 0 Å². The highest BCUT2D eigenvalue weighted by Gasteiger charge is 2.16. The number of methoxy groups -OCH3 is 2. The van der Waals surface area contributed by atoms with Crippen LogP contribution in [0.2, 0.25) is 19.6 Å². The van der Waals surface area contributed by atoms with Crippen molar-refractivity contribution in [3.8, 4) is 46.4 Å². The van der Waals surface area contributed by atoms with Crippen LogP contribution >= 0.6 is 0 Å². The second kappa shape index (κ2) is 7.30. The van der Waals surface area contributed by atoms with E-state index in [1.54, 1.807) is 14.2 Å². The lowest BCUT2D eigenvalue weighted by molar-refractivity contribution is 0.354. The monoisotopic (exact) mass is 334 g/mol. The van der Waals surface area contributed by atoms with Crippen LogP contribution in [0.4, 0.5) is 0 Å². The van der Waals surface area contributed by atoms with Gasteiger partial charge in [0.15, 0.2) is 11.5 Å². The molecule has 0 amide bonds. The van der Waals surface area contributed by atoms with Crippen molar-refractivity contribution in [2.24, 2.45) is 0 Å². The molecule has 0 unspecified atom stereocenters. The van der Waals surface area contributed by atoms with Crippen LogP contribution < -0.4 is 9.47 Å². The van der Waals surface area contributed by atoms with Crippen LogP contribution in [0.1, 0.15) is 11.1 Å². The Morgan fingerprint density at radius 1 is 0.917 bits per heavy atom. The molecule has 3 heteroatoms. The fourth-order valence-electron chi connectivity index (χ4n) is 2.38. The van der Waals surface area contributed by atoms with Gasteiger partial charge in [-0.2, -0.15) is 0 Å². The van der Waals surface area contributed by atoms with Crippen LogP contribution in [-0.4, -0.2) is 22.3 Å². The van der Waals surface area contributed by atoms with E-state index in [1.807, 2.05) is 36.4 Å². The van der Waals surface area contributed by atoms with Crippen molar-refractivity contribution < 1.29 is 9.47 Å². The third kappa shape index (κ3) is 3.82. The Kier molecular flexibility index (Phi) is 5.39. The van der Waals surface area contributed by atoms with Gasteiger partial charge in [-0.1, -0.05) is 49.7 Å². The summed E-state index contributed by atoms with van der Waals surface area (Å²) < 4.78 is 10.8. The average molecular weight is 334 g/mol. The Morgan fingerprint density at radius 3 is 2.21 bits per heavy atom. The summed E-state index contributed by atoms with van der Waals surface area (Å²) in [6.45, 7) is 6.68. The topological polar surface area (TPSA) is 18.5 Å². The Morgan fingerprint density at radius 2 is 1.62 bits per heavy atom. The molecule has 0 heterocycles. The van der Waals surface area contributed by atoms with Crippen molar-refractivity contribution in [2.45, 2.75) is 19.6 Å². The minimum absolute atomic E-state index is 0.574. The molecular formula is C21H22O2Si. The van der Waals surface area contributed by atoms with Gasteiger partial charge in [0.1, 0.15) is 8.07 Å². The second-order valence-corrected chi connectivity index (χ2v) is 11.2. The van der Waals surface area contributed by atoms with E-state index in [0.29, 0.717) is 17.1 Å². The summed E-state index contributed by atoms with van der Waals surface area (Å²) in [4.78, 5) is 0. The van der Waals surface area contributed by atoms with Crippen molar-refractivity contribution in [1.82, 2.24) is 0 Å². The number of hydrogen-bond donors (Lipinski definition) is 0. The molecule has 2 rings (SSSR count). The molecule has 0 fully saturated rings. The van der Waals surface area contributed by atoms with Gasteiger partial charge in [0.05, 0.1) is 19.8 Å². The summed E-state index contributed by atoms with van der Waals surface area (Å²) in [5.74, 6) is 7.28. The fraction of sp³-hybridized carbons (Fsp3) is 0.238. The number of terminal acetylenes is 1. The van der Waals surface area contributed by atoms with Gasteiger partial charge < -0.3 is 9.47 Å². The summed E-state index contributed by atoms with van der Waals surface area (Å²) in [7, 11) is 1.73. The van der Waals surface area contributed by atoms with Gasteiger partial charge in [0.25, 0.3) is 0 Å². The molecule has 0 bridgehead atoms. The third-order valence-corrected chi connectivity index (χ3v) is 4.35. The van der Waals surface area contributed by atoms with Gasteiger partial charge in [-0.3, -0.25) is 0 Å². The first-order chi connectivity index (χ1) is 11.4. The van der Waals surface area contributed by atoms with Gasteiger partial charge in [-0.15, -0.1) is 12.0 Å². The molecule has 0 saturated heterocycles. The van der Waals surface area contributed by atoms with Gasteiger partial charge in [0.2, 0.25) is 0 Å². The highest BCUT2D eigenvalue weighted by atomic mass is 28.3. The lowest BCUT2D eigenvalue weighted by Gasteiger charge is -2.15. The average Bonchev–Trinajstić information content (AvgIpc) is 2.58. The van der Waals surface area contributed by atoms with Crippen LogP contribution in [-0.2, 0) is 0 Å². The summed E-state index contributed by atoms with van der Waals surface area (Å²) in [5, 5.41) is 0. The van der Waals surface area contributed by atoms with Gasteiger partial charge >= 0.3 is 0 Å². The normalized spacial score (nSPS) is 10.3. The van der Waals surface area contributed by atoms with E-state index in [9.17, 15) is 0 Å². The summed E-state index contributed by atoms with van der Waals surface area (Å²) in [6.07, 6.45) is 5.77. The fourth-order valence-corrected chi connectivity index (χ4v) is 2.89. The molecule has 0 spiro atoms. The summed E-state index contributed by atoms with van der Waals surface area (Å²) in [6, 6.07) is 11.9. The van der Waals surface area contributed by atoms with Gasteiger partial charge in [-0.05, 0) is 23.8 Å². The quantitative estimate of drug-likeness (QED) is 0.604. The molecule has 2 aromatic rings. The molecule has 122 valence electrons. The lowest BCUT2D eigenvalue weighted by atomic mass is 9.95. The summed E-state index contributed by atoms with van der Waals surface area (Å²) >= 11 is 0. The Labute approximate surface area is 145 Å². The number of benzene rings is 2. The molecular weight excluding hydrogens is 312 g/mol. The maximum absolute atomic E-state index is 5.77. The van der Waals surface area contributed by atoms with E-state index in [2.05, 4.69) is 37.0 Å². The number of hydrogen-bond acceptors (Lipinski definition) is 2. The van der Waals surface area contributed by atoms with E-state index in [0.717, 1.165) is 16.7 Å². The smallest absolute Gasteiger partial charge is 0.176 e. The zero-order valence-electron chi connectivity index (χ0n) is 14.9. The van der Waals surface area contributed by atoms with E-state index in [-0.39, 0.29) is 0 Å². The van der Waals surface area contributed by atoms with Crippen LogP contribution in [0.3, 0.4) is 0 Å². The second-order valence-electron chi connectivity index (χ2n) is 6.41. The lowest BCUT2D eigenvalue weighted by Crippen LogP contribution is -2.16. The predicted molar refractivity (Wildman–Crippen MR) is 103 cm³/mol. The Hall–Kier alpha value is -2.62. The van der Waals surface area contributed by atoms with Crippen molar-refractivity contribution >= 4 is 8.07 Å². The van der Waals surface area contributed by atoms with Crippen LogP contribution in [0, 0.1) is 23.8 Å². The maximum Gasteiger partial charge on any atom is 0.176 e. The highest BCUT2D eigenvalue weighted by molar-refractivity contribution is 6.83. The van der Waals surface area contributed by atoms with E-state index in [1.165, 1.54) is 0 Å². The van der Waals surface area contributed by atoms with Crippen LogP contribution in [0.5, 0.6) is 11.5 Å². The molecule has 0 aromatic heterocycles. The molecule has 24 heavy (non-hydrogen) atoms. The molecule has 0 aliphatic heterocycles. The molecule has 0 radical (unpaired) electrons. The van der Waals surface area contributed by atoms with Crippen molar-refractivity contribution in [2.75, 3.05) is 14.2 Å². The molecule has 2 aromatic carbocycles. The standard InChI is InChI=1S/C21H22O2Si/c1-7-17-19(12-13-20(22-2)21(17)23-3)18-11-9-8-10-16(18)14-15-24(4,5)6/h1,8-13H,2-6H3. The molecule has 2 nitrogen and oxygen atoms in total. The van der Waals surface area contributed by atoms with Crippen molar-refractivity contribution in [1.29, 1.82) is 0 Å². The number of rotatable bonds is 3. The zero-order valence-corrected chi connectivity index (χ0v) is 15.9. The van der Waals surface area contributed by atoms with E-state index < -0.39 is 8.07 Å². The van der Waals surface area contributed by atoms with Crippen molar-refractivity contribution in [3.05, 3.63) is 47.5 Å². The first-order valence-corrected chi connectivity index (χ1v) is 11.3. The van der Waals surface area contributed by atoms with E-state index >= 15 is 0 Å². The minimum atomic E-state index is -1.46. The minimum Gasteiger partial charge on any atom is -0.493 e. The molecule has 0 aliphatic rings. The first kappa shape index (κ1) is 17.7. The van der Waals surface area contributed by atoms with Crippen LogP contribution in [0.25, 0.3) is 11.1 Å². The molecule has 0 saturated carbocycles. The summed E-state index contributed by atoms with van der Waals surface area (Å²) in [5.41, 5.74) is 7.01. The zero-order chi connectivity index (χ0) is 17.7. The predicted octanol–water partition coefficient (Wildman–Crippen LogP) is 4.58. The van der Waals surface area contributed by atoms with Gasteiger partial charge in [-0.25, -0.2) is 0 Å². The first-order valence-electron chi connectivity index (χ1n) is 7.75. The largest absolute Gasteiger partial charge is 0.493 e. The molecule has 0 atom stereocenters. The Bertz CT molecular complexity index is 843. The highest BCUT2D eigenvalue weighted by Crippen LogP contribution is 2.38. The van der Waals surface area contributed by atoms with Crippen LogP contribution in [0.15, 0.2) is 36.4 Å². The van der Waals surface area contributed by atoms with Gasteiger partial charge in [0, 0.05) is 11.1 Å².